The minimum absolute atomic E-state index is 0.172. The highest BCUT2D eigenvalue weighted by atomic mass is 16.1. The molecule has 1 aliphatic carbocycles. The maximum atomic E-state index is 11.7. The third kappa shape index (κ3) is 4.65. The van der Waals surface area contributed by atoms with Crippen LogP contribution in [-0.4, -0.2) is 18.0 Å². The molecule has 1 atom stereocenters. The molecule has 1 fully saturated rings. The fourth-order valence-electron chi connectivity index (χ4n) is 2.06. The molecule has 0 spiro atoms. The van der Waals surface area contributed by atoms with Crippen LogP contribution in [0.4, 0.5) is 0 Å². The first-order chi connectivity index (χ1) is 6.95. The molecule has 1 aliphatic rings. The smallest absolute Gasteiger partial charge is 0.220 e. The van der Waals surface area contributed by atoms with Gasteiger partial charge in [0.25, 0.3) is 0 Å². The molecular weight excluding hydrogens is 188 g/mol. The Morgan fingerprint density at radius 1 is 1.53 bits per heavy atom. The van der Waals surface area contributed by atoms with Gasteiger partial charge in [0.2, 0.25) is 5.91 Å². The molecule has 3 N–H and O–H groups in total. The first-order valence-corrected chi connectivity index (χ1v) is 5.96. The van der Waals surface area contributed by atoms with Crippen LogP contribution in [0.5, 0.6) is 0 Å². The van der Waals surface area contributed by atoms with Crippen molar-refractivity contribution in [2.24, 2.45) is 17.6 Å². The van der Waals surface area contributed by atoms with Crippen molar-refractivity contribution in [1.82, 2.24) is 5.32 Å². The molecule has 3 nitrogen and oxygen atoms in total. The van der Waals surface area contributed by atoms with Crippen LogP contribution < -0.4 is 11.1 Å². The maximum absolute atomic E-state index is 11.7. The Bertz CT molecular complexity index is 224. The van der Waals surface area contributed by atoms with Crippen molar-refractivity contribution in [3.63, 3.8) is 0 Å². The number of hydrogen-bond donors (Lipinski definition) is 2. The molecule has 15 heavy (non-hydrogen) atoms. The fraction of sp³-hybridized carbons (Fsp3) is 0.917. The van der Waals surface area contributed by atoms with Gasteiger partial charge in [0.15, 0.2) is 0 Å². The van der Waals surface area contributed by atoms with Gasteiger partial charge in [0.1, 0.15) is 0 Å². The van der Waals surface area contributed by atoms with E-state index in [1.54, 1.807) is 0 Å². The van der Waals surface area contributed by atoms with Gasteiger partial charge < -0.3 is 11.1 Å². The third-order valence-electron chi connectivity index (χ3n) is 2.92. The standard InChI is InChI=1S/C12H24N2O/c1-9(2)7-12(3,8-13)14-11(15)6-10-4-5-10/h9-10H,4-8,13H2,1-3H3,(H,14,15). The number of amides is 1. The average molecular weight is 212 g/mol. The SMILES string of the molecule is CC(C)CC(C)(CN)NC(=O)CC1CC1. The summed E-state index contributed by atoms with van der Waals surface area (Å²) in [4.78, 5) is 11.7. The van der Waals surface area contributed by atoms with E-state index in [4.69, 9.17) is 5.73 Å². The van der Waals surface area contributed by atoms with Gasteiger partial charge in [-0.05, 0) is 38.0 Å². The van der Waals surface area contributed by atoms with E-state index in [2.05, 4.69) is 19.2 Å². The lowest BCUT2D eigenvalue weighted by molar-refractivity contribution is -0.123. The summed E-state index contributed by atoms with van der Waals surface area (Å²) in [5.74, 6) is 1.37. The molecule has 88 valence electrons. The van der Waals surface area contributed by atoms with Gasteiger partial charge in [-0.1, -0.05) is 13.8 Å². The first kappa shape index (κ1) is 12.5. The van der Waals surface area contributed by atoms with E-state index in [-0.39, 0.29) is 11.4 Å². The van der Waals surface area contributed by atoms with Crippen molar-refractivity contribution in [3.05, 3.63) is 0 Å². The van der Waals surface area contributed by atoms with Crippen molar-refractivity contribution in [3.8, 4) is 0 Å². The van der Waals surface area contributed by atoms with Gasteiger partial charge in [0, 0.05) is 18.5 Å². The Labute approximate surface area is 92.8 Å². The number of nitrogens with one attached hydrogen (secondary N) is 1. The molecule has 0 bridgehead atoms. The van der Waals surface area contributed by atoms with Gasteiger partial charge in [0.05, 0.1) is 0 Å². The molecule has 3 heteroatoms. The van der Waals surface area contributed by atoms with Crippen LogP contribution in [0.3, 0.4) is 0 Å². The van der Waals surface area contributed by atoms with Gasteiger partial charge in [-0.2, -0.15) is 0 Å². The molecule has 0 aromatic carbocycles. The predicted molar refractivity (Wildman–Crippen MR) is 62.4 cm³/mol. The van der Waals surface area contributed by atoms with E-state index in [1.807, 2.05) is 6.92 Å². The van der Waals surface area contributed by atoms with E-state index in [1.165, 1.54) is 12.8 Å². The second-order valence-corrected chi connectivity index (χ2v) is 5.56. The highest BCUT2D eigenvalue weighted by Crippen LogP contribution is 2.32. The zero-order valence-corrected chi connectivity index (χ0v) is 10.2. The number of carbonyl (C=O) groups excluding carboxylic acids is 1. The van der Waals surface area contributed by atoms with Gasteiger partial charge in [-0.3, -0.25) is 4.79 Å². The molecule has 0 aromatic heterocycles. The first-order valence-electron chi connectivity index (χ1n) is 5.96. The Balaban J connectivity index is 2.38. The molecule has 1 rings (SSSR count). The number of rotatable bonds is 6. The normalized spacial score (nSPS) is 20.1. The summed E-state index contributed by atoms with van der Waals surface area (Å²) in [6, 6.07) is 0. The fourth-order valence-corrected chi connectivity index (χ4v) is 2.06. The summed E-state index contributed by atoms with van der Waals surface area (Å²) in [6.45, 7) is 6.86. The van der Waals surface area contributed by atoms with E-state index in [9.17, 15) is 4.79 Å². The zero-order valence-electron chi connectivity index (χ0n) is 10.2. The van der Waals surface area contributed by atoms with E-state index >= 15 is 0 Å². The van der Waals surface area contributed by atoms with Crippen molar-refractivity contribution in [2.45, 2.75) is 52.0 Å². The van der Waals surface area contributed by atoms with Crippen molar-refractivity contribution < 1.29 is 4.79 Å². The summed E-state index contributed by atoms with van der Waals surface area (Å²) < 4.78 is 0. The minimum Gasteiger partial charge on any atom is -0.350 e. The third-order valence-corrected chi connectivity index (χ3v) is 2.92. The second-order valence-electron chi connectivity index (χ2n) is 5.56. The quantitative estimate of drug-likeness (QED) is 0.703. The minimum atomic E-state index is -0.222. The molecule has 1 unspecified atom stereocenters. The van der Waals surface area contributed by atoms with E-state index < -0.39 is 0 Å². The monoisotopic (exact) mass is 212 g/mol. The van der Waals surface area contributed by atoms with Crippen LogP contribution >= 0.6 is 0 Å². The molecule has 0 radical (unpaired) electrons. The topological polar surface area (TPSA) is 55.1 Å². The van der Waals surface area contributed by atoms with Crippen LogP contribution in [0.2, 0.25) is 0 Å². The molecule has 1 saturated carbocycles. The zero-order chi connectivity index (χ0) is 11.5. The molecule has 0 aliphatic heterocycles. The van der Waals surface area contributed by atoms with Crippen molar-refractivity contribution in [1.29, 1.82) is 0 Å². The lowest BCUT2D eigenvalue weighted by Crippen LogP contribution is -2.52. The Morgan fingerprint density at radius 3 is 2.53 bits per heavy atom. The van der Waals surface area contributed by atoms with Gasteiger partial charge in [-0.15, -0.1) is 0 Å². The number of nitrogens with two attached hydrogens (primary N) is 1. The lowest BCUT2D eigenvalue weighted by Gasteiger charge is -2.31. The van der Waals surface area contributed by atoms with Crippen LogP contribution in [-0.2, 0) is 4.79 Å². The Hall–Kier alpha value is -0.570. The van der Waals surface area contributed by atoms with E-state index in [0.717, 1.165) is 6.42 Å². The molecular formula is C12H24N2O. The number of carbonyl (C=O) groups is 1. The Kier molecular flexibility index (Phi) is 4.14. The van der Waals surface area contributed by atoms with E-state index in [0.29, 0.717) is 24.8 Å². The summed E-state index contributed by atoms with van der Waals surface area (Å²) in [7, 11) is 0. The van der Waals surface area contributed by atoms with Crippen molar-refractivity contribution >= 4 is 5.91 Å². The predicted octanol–water partition coefficient (Wildman–Crippen LogP) is 1.67. The summed E-state index contributed by atoms with van der Waals surface area (Å²) in [5, 5.41) is 3.08. The highest BCUT2D eigenvalue weighted by molar-refractivity contribution is 5.77. The van der Waals surface area contributed by atoms with Crippen LogP contribution in [0.1, 0.15) is 46.5 Å². The van der Waals surface area contributed by atoms with Gasteiger partial charge in [-0.25, -0.2) is 0 Å². The summed E-state index contributed by atoms with van der Waals surface area (Å²) >= 11 is 0. The summed E-state index contributed by atoms with van der Waals surface area (Å²) in [5.41, 5.74) is 5.51. The van der Waals surface area contributed by atoms with Crippen LogP contribution in [0, 0.1) is 11.8 Å². The lowest BCUT2D eigenvalue weighted by atomic mass is 9.90. The van der Waals surface area contributed by atoms with Crippen molar-refractivity contribution in [2.75, 3.05) is 6.54 Å². The van der Waals surface area contributed by atoms with Crippen LogP contribution in [0.25, 0.3) is 0 Å². The summed E-state index contributed by atoms with van der Waals surface area (Å²) in [6.07, 6.45) is 4.07. The second kappa shape index (κ2) is 4.97. The molecule has 0 heterocycles. The molecule has 1 amide bonds. The largest absolute Gasteiger partial charge is 0.350 e. The maximum Gasteiger partial charge on any atom is 0.220 e. The Morgan fingerprint density at radius 2 is 2.13 bits per heavy atom. The molecule has 0 aromatic rings. The van der Waals surface area contributed by atoms with Crippen LogP contribution in [0.15, 0.2) is 0 Å². The van der Waals surface area contributed by atoms with Gasteiger partial charge >= 0.3 is 0 Å². The average Bonchev–Trinajstić information content (AvgIpc) is 2.86. The number of hydrogen-bond acceptors (Lipinski definition) is 2. The highest BCUT2D eigenvalue weighted by Gasteiger charge is 2.29. The molecule has 0 saturated heterocycles.